The van der Waals surface area contributed by atoms with E-state index in [1.54, 1.807) is 0 Å². The Hall–Kier alpha value is -1.68. The van der Waals surface area contributed by atoms with E-state index in [1.165, 1.54) is 25.2 Å². The summed E-state index contributed by atoms with van der Waals surface area (Å²) in [5.74, 6) is 0. The van der Waals surface area contributed by atoms with Crippen LogP contribution in [0, 0.1) is 11.3 Å². The number of allylic oxidation sites excluding steroid dienone is 1. The normalized spacial score (nSPS) is 12.3. The molecule has 0 atom stereocenters. The van der Waals surface area contributed by atoms with Gasteiger partial charge >= 0.3 is 6.18 Å². The first-order valence-electron chi connectivity index (χ1n) is 6.02. The van der Waals surface area contributed by atoms with Crippen LogP contribution in [0.15, 0.2) is 18.2 Å². The highest BCUT2D eigenvalue weighted by atomic mass is 35.5. The van der Waals surface area contributed by atoms with Crippen molar-refractivity contribution in [2.45, 2.75) is 6.18 Å². The minimum Gasteiger partial charge on any atom is -0.256 e. The van der Waals surface area contributed by atoms with Crippen LogP contribution in [-0.2, 0) is 13.2 Å². The molecule has 0 spiro atoms. The van der Waals surface area contributed by atoms with Gasteiger partial charge in [-0.05, 0) is 23.8 Å². The minimum atomic E-state index is -4.70. The van der Waals surface area contributed by atoms with E-state index in [-0.39, 0.29) is 26.3 Å². The van der Waals surface area contributed by atoms with Gasteiger partial charge in [0.15, 0.2) is 5.69 Å². The number of aromatic nitrogens is 2. The molecule has 9 heteroatoms. The Morgan fingerprint density at radius 1 is 1.26 bits per heavy atom. The van der Waals surface area contributed by atoms with E-state index >= 15 is 0 Å². The molecule has 0 fully saturated rings. The van der Waals surface area contributed by atoms with Gasteiger partial charge in [-0.25, -0.2) is 0 Å². The van der Waals surface area contributed by atoms with Crippen LogP contribution in [0.5, 0.6) is 0 Å². The molecule has 0 aliphatic rings. The summed E-state index contributed by atoms with van der Waals surface area (Å²) in [5.41, 5.74) is -1.29. The summed E-state index contributed by atoms with van der Waals surface area (Å²) in [6.45, 7) is 0. The largest absolute Gasteiger partial charge is 0.435 e. The van der Waals surface area contributed by atoms with Gasteiger partial charge in [-0.1, -0.05) is 40.9 Å². The lowest BCUT2D eigenvalue weighted by atomic mass is 10.0. The predicted octanol–water partition coefficient (Wildman–Crippen LogP) is 5.46. The van der Waals surface area contributed by atoms with Gasteiger partial charge in [0.1, 0.15) is 5.15 Å². The Balaban J connectivity index is 2.64. The first kappa shape index (κ1) is 17.7. The van der Waals surface area contributed by atoms with Crippen molar-refractivity contribution in [2.24, 2.45) is 7.05 Å². The van der Waals surface area contributed by atoms with Crippen molar-refractivity contribution in [3.05, 3.63) is 50.2 Å². The summed E-state index contributed by atoms with van der Waals surface area (Å²) < 4.78 is 40.0. The van der Waals surface area contributed by atoms with Gasteiger partial charge in [0.2, 0.25) is 0 Å². The fraction of sp³-hybridized carbons (Fsp3) is 0.143. The highest BCUT2D eigenvalue weighted by Crippen LogP contribution is 2.36. The van der Waals surface area contributed by atoms with Gasteiger partial charge in [-0.2, -0.15) is 23.5 Å². The Kier molecular flexibility index (Phi) is 4.95. The van der Waals surface area contributed by atoms with Crippen LogP contribution >= 0.6 is 34.8 Å². The lowest BCUT2D eigenvalue weighted by Gasteiger charge is -2.05. The summed E-state index contributed by atoms with van der Waals surface area (Å²) in [5, 5.41) is 12.8. The van der Waals surface area contributed by atoms with Crippen LogP contribution in [0.4, 0.5) is 13.2 Å². The number of benzene rings is 1. The average Bonchev–Trinajstić information content (AvgIpc) is 2.75. The second-order valence-corrected chi connectivity index (χ2v) is 5.65. The topological polar surface area (TPSA) is 41.6 Å². The van der Waals surface area contributed by atoms with Crippen LogP contribution in [0.1, 0.15) is 16.8 Å². The molecule has 0 saturated carbocycles. The van der Waals surface area contributed by atoms with Crippen molar-refractivity contribution < 1.29 is 13.2 Å². The molecule has 1 heterocycles. The highest BCUT2D eigenvalue weighted by Gasteiger charge is 2.38. The second-order valence-electron chi connectivity index (χ2n) is 4.47. The first-order chi connectivity index (χ1) is 10.6. The van der Waals surface area contributed by atoms with E-state index in [4.69, 9.17) is 34.8 Å². The molecule has 2 aromatic rings. The van der Waals surface area contributed by atoms with Gasteiger partial charge < -0.3 is 0 Å². The van der Waals surface area contributed by atoms with Crippen molar-refractivity contribution in [1.29, 1.82) is 5.26 Å². The maximum absolute atomic E-state index is 13.0. The third-order valence-corrected chi connectivity index (χ3v) is 4.11. The number of rotatable bonds is 2. The van der Waals surface area contributed by atoms with Gasteiger partial charge in [0.05, 0.1) is 21.7 Å². The highest BCUT2D eigenvalue weighted by molar-refractivity contribution is 6.42. The van der Waals surface area contributed by atoms with Gasteiger partial charge in [-0.15, -0.1) is 0 Å². The molecule has 0 N–H and O–H groups in total. The molecular weight excluding hydrogens is 374 g/mol. The Labute approximate surface area is 144 Å². The molecule has 0 aliphatic heterocycles. The molecular formula is C14H7Cl3F3N3. The molecule has 0 amide bonds. The molecule has 0 bridgehead atoms. The van der Waals surface area contributed by atoms with Crippen LogP contribution < -0.4 is 0 Å². The quantitative estimate of drug-likeness (QED) is 0.649. The van der Waals surface area contributed by atoms with Crippen LogP contribution in [0.3, 0.4) is 0 Å². The number of hydrogen-bond acceptors (Lipinski definition) is 2. The van der Waals surface area contributed by atoms with E-state index in [1.807, 2.05) is 6.07 Å². The molecule has 3 nitrogen and oxygen atoms in total. The maximum atomic E-state index is 13.0. The fourth-order valence-corrected chi connectivity index (χ4v) is 2.33. The van der Waals surface area contributed by atoms with Crippen LogP contribution in [-0.4, -0.2) is 9.78 Å². The lowest BCUT2D eigenvalue weighted by Crippen LogP contribution is -2.08. The molecule has 0 unspecified atom stereocenters. The van der Waals surface area contributed by atoms with Gasteiger partial charge in [0.25, 0.3) is 0 Å². The predicted molar refractivity (Wildman–Crippen MR) is 83.2 cm³/mol. The summed E-state index contributed by atoms with van der Waals surface area (Å²) in [6.07, 6.45) is -3.67. The minimum absolute atomic E-state index is 0.0519. The third-order valence-electron chi connectivity index (χ3n) is 2.92. The first-order valence-corrected chi connectivity index (χ1v) is 7.15. The van der Waals surface area contributed by atoms with Crippen molar-refractivity contribution in [2.75, 3.05) is 0 Å². The molecule has 0 aliphatic carbocycles. The van der Waals surface area contributed by atoms with E-state index < -0.39 is 11.9 Å². The summed E-state index contributed by atoms with van der Waals surface area (Å²) in [6, 6.07) is 6.13. The number of hydrogen-bond donors (Lipinski definition) is 0. The number of nitrogens with zero attached hydrogens (tertiary/aromatic N) is 3. The van der Waals surface area contributed by atoms with Crippen molar-refractivity contribution in [1.82, 2.24) is 9.78 Å². The smallest absolute Gasteiger partial charge is 0.256 e. The Morgan fingerprint density at radius 2 is 1.91 bits per heavy atom. The van der Waals surface area contributed by atoms with Crippen LogP contribution in [0.25, 0.3) is 11.6 Å². The van der Waals surface area contributed by atoms with Gasteiger partial charge in [0, 0.05) is 12.6 Å². The Bertz CT molecular complexity index is 832. The van der Waals surface area contributed by atoms with E-state index in [9.17, 15) is 18.4 Å². The molecule has 1 aromatic carbocycles. The molecule has 23 heavy (non-hydrogen) atoms. The molecule has 120 valence electrons. The monoisotopic (exact) mass is 379 g/mol. The van der Waals surface area contributed by atoms with E-state index in [2.05, 4.69) is 5.10 Å². The SMILES string of the molecule is Cn1nc(C(F)(F)F)c(/C=C(/C#N)c2ccc(Cl)c(Cl)c2)c1Cl. The molecule has 0 radical (unpaired) electrons. The zero-order valence-corrected chi connectivity index (χ0v) is 13.7. The van der Waals surface area contributed by atoms with Crippen molar-refractivity contribution >= 4 is 46.5 Å². The second kappa shape index (κ2) is 6.44. The zero-order chi connectivity index (χ0) is 17.4. The number of alkyl halides is 3. The molecule has 1 aromatic heterocycles. The summed E-state index contributed by atoms with van der Waals surface area (Å²) in [7, 11) is 1.28. The van der Waals surface area contributed by atoms with Crippen LogP contribution in [0.2, 0.25) is 15.2 Å². The molecule has 0 saturated heterocycles. The van der Waals surface area contributed by atoms with Crippen molar-refractivity contribution in [3.8, 4) is 6.07 Å². The molecule has 2 rings (SSSR count). The van der Waals surface area contributed by atoms with Gasteiger partial charge in [-0.3, -0.25) is 4.68 Å². The van der Waals surface area contributed by atoms with E-state index in [0.717, 1.165) is 10.8 Å². The fourth-order valence-electron chi connectivity index (χ4n) is 1.85. The van der Waals surface area contributed by atoms with E-state index in [0.29, 0.717) is 5.56 Å². The van der Waals surface area contributed by atoms with Crippen molar-refractivity contribution in [3.63, 3.8) is 0 Å². The standard InChI is InChI=1S/C14H7Cl3F3N3/c1-23-13(17)9(12(22-23)14(18,19)20)4-8(6-21)7-2-3-10(15)11(16)5-7/h2-5H,1H3/b8-4-. The summed E-state index contributed by atoms with van der Waals surface area (Å²) in [4.78, 5) is 0. The zero-order valence-electron chi connectivity index (χ0n) is 11.4. The average molecular weight is 381 g/mol. The Morgan fingerprint density at radius 3 is 2.43 bits per heavy atom. The number of nitriles is 1. The maximum Gasteiger partial charge on any atom is 0.435 e. The number of halogens is 6. The third kappa shape index (κ3) is 3.63. The number of aryl methyl sites for hydroxylation is 1. The summed E-state index contributed by atoms with van der Waals surface area (Å²) >= 11 is 17.5. The lowest BCUT2D eigenvalue weighted by molar-refractivity contribution is -0.141.